The molecule has 0 saturated carbocycles. The summed E-state index contributed by atoms with van der Waals surface area (Å²) in [6, 6.07) is 22.7. The highest BCUT2D eigenvalue weighted by Gasteiger charge is 2.31. The van der Waals surface area contributed by atoms with Crippen molar-refractivity contribution in [2.75, 3.05) is 29.9 Å². The summed E-state index contributed by atoms with van der Waals surface area (Å²) < 4.78 is 14.7. The number of hydrogen-bond donors (Lipinski definition) is 2. The van der Waals surface area contributed by atoms with Crippen molar-refractivity contribution < 1.29 is 9.18 Å². The minimum Gasteiger partial charge on any atom is -0.368 e. The normalized spacial score (nSPS) is 18.1. The molecule has 0 saturated heterocycles. The molecule has 33 heavy (non-hydrogen) atoms. The molecule has 2 N–H and O–H groups in total. The standard InChI is InChI=1S/C27H27FN4O/c1-18(33)32(26-16-29-24-13-7-4-10-21(24)26)17-19-15-30-27(20-9-3-6-12-23(20)28)22-11-5-8-14-25(22)31(19)2/h3-14,16,19,27,29-30H,15,17H2,1-2H3. The number of nitrogens with one attached hydrogen (secondary N) is 2. The molecular formula is C27H27FN4O. The molecule has 0 fully saturated rings. The summed E-state index contributed by atoms with van der Waals surface area (Å²) in [5.41, 5.74) is 4.54. The minimum atomic E-state index is -0.270. The fourth-order valence-electron chi connectivity index (χ4n) is 4.81. The fourth-order valence-corrected chi connectivity index (χ4v) is 4.81. The fraction of sp³-hybridized carbons (Fsp3) is 0.222. The highest BCUT2D eigenvalue weighted by Crippen LogP contribution is 2.35. The van der Waals surface area contributed by atoms with Crippen molar-refractivity contribution in [1.82, 2.24) is 10.3 Å². The van der Waals surface area contributed by atoms with Crippen molar-refractivity contribution >= 4 is 28.2 Å². The van der Waals surface area contributed by atoms with Gasteiger partial charge in [0.2, 0.25) is 5.91 Å². The van der Waals surface area contributed by atoms with E-state index < -0.39 is 0 Å². The van der Waals surface area contributed by atoms with Crippen LogP contribution >= 0.6 is 0 Å². The molecule has 0 bridgehead atoms. The van der Waals surface area contributed by atoms with E-state index >= 15 is 0 Å². The molecule has 2 atom stereocenters. The number of para-hydroxylation sites is 2. The number of amides is 1. The number of halogens is 1. The largest absolute Gasteiger partial charge is 0.368 e. The van der Waals surface area contributed by atoms with Gasteiger partial charge in [0.25, 0.3) is 0 Å². The molecule has 1 aliphatic heterocycles. The second-order valence-electron chi connectivity index (χ2n) is 8.54. The van der Waals surface area contributed by atoms with Gasteiger partial charge in [0.1, 0.15) is 5.82 Å². The molecule has 3 aromatic carbocycles. The zero-order valence-corrected chi connectivity index (χ0v) is 18.8. The molecule has 0 aliphatic carbocycles. The van der Waals surface area contributed by atoms with Crippen molar-refractivity contribution in [3.63, 3.8) is 0 Å². The number of aromatic amines is 1. The third-order valence-corrected chi connectivity index (χ3v) is 6.58. The van der Waals surface area contributed by atoms with Crippen molar-refractivity contribution in [2.45, 2.75) is 19.0 Å². The van der Waals surface area contributed by atoms with Crippen molar-refractivity contribution in [3.05, 3.63) is 95.9 Å². The predicted molar refractivity (Wildman–Crippen MR) is 131 cm³/mol. The summed E-state index contributed by atoms with van der Waals surface area (Å²) in [4.78, 5) is 20.1. The number of fused-ring (bicyclic) bond motifs is 2. The average molecular weight is 443 g/mol. The van der Waals surface area contributed by atoms with Gasteiger partial charge in [-0.25, -0.2) is 4.39 Å². The number of anilines is 2. The Balaban J connectivity index is 1.51. The van der Waals surface area contributed by atoms with Crippen LogP contribution in [0, 0.1) is 5.82 Å². The second kappa shape index (κ2) is 8.71. The predicted octanol–water partition coefficient (Wildman–Crippen LogP) is 4.86. The number of nitrogens with zero attached hydrogens (tertiary/aromatic N) is 2. The van der Waals surface area contributed by atoms with Gasteiger partial charge in [-0.1, -0.05) is 54.6 Å². The maximum atomic E-state index is 14.7. The highest BCUT2D eigenvalue weighted by atomic mass is 19.1. The van der Waals surface area contributed by atoms with Crippen LogP contribution in [0.3, 0.4) is 0 Å². The first-order chi connectivity index (χ1) is 16.0. The van der Waals surface area contributed by atoms with Crippen LogP contribution in [0.15, 0.2) is 79.0 Å². The van der Waals surface area contributed by atoms with E-state index in [4.69, 9.17) is 0 Å². The Labute approximate surface area is 192 Å². The van der Waals surface area contributed by atoms with E-state index in [2.05, 4.69) is 21.3 Å². The van der Waals surface area contributed by atoms with Crippen LogP contribution in [0.4, 0.5) is 15.8 Å². The molecule has 1 amide bonds. The van der Waals surface area contributed by atoms with Gasteiger partial charge in [0, 0.05) is 55.4 Å². The van der Waals surface area contributed by atoms with E-state index in [-0.39, 0.29) is 23.8 Å². The lowest BCUT2D eigenvalue weighted by atomic mass is 9.97. The summed E-state index contributed by atoms with van der Waals surface area (Å²) in [7, 11) is 2.04. The van der Waals surface area contributed by atoms with E-state index in [0.717, 1.165) is 27.8 Å². The van der Waals surface area contributed by atoms with Gasteiger partial charge in [-0.05, 0) is 23.8 Å². The van der Waals surface area contributed by atoms with Gasteiger partial charge in [-0.15, -0.1) is 0 Å². The SMILES string of the molecule is CC(=O)N(CC1CNC(c2ccccc2F)c2ccccc2N1C)c1c[nH]c2ccccc12. The number of likely N-dealkylation sites (N-methyl/N-ethyl adjacent to an activating group) is 1. The van der Waals surface area contributed by atoms with Crippen LogP contribution in [0.1, 0.15) is 24.1 Å². The monoisotopic (exact) mass is 442 g/mol. The third kappa shape index (κ3) is 3.87. The van der Waals surface area contributed by atoms with E-state index in [0.29, 0.717) is 18.7 Å². The number of carbonyl (C=O) groups excluding carboxylic acids is 1. The second-order valence-corrected chi connectivity index (χ2v) is 8.54. The zero-order valence-electron chi connectivity index (χ0n) is 18.8. The lowest BCUT2D eigenvalue weighted by molar-refractivity contribution is -0.116. The van der Waals surface area contributed by atoms with Crippen LogP contribution in [-0.2, 0) is 4.79 Å². The molecule has 168 valence electrons. The first kappa shape index (κ1) is 21.2. The lowest BCUT2D eigenvalue weighted by Gasteiger charge is -2.33. The number of benzene rings is 3. The molecule has 4 aromatic rings. The third-order valence-electron chi connectivity index (χ3n) is 6.58. The Kier molecular flexibility index (Phi) is 5.60. The number of H-pyrrole nitrogens is 1. The number of hydrogen-bond acceptors (Lipinski definition) is 3. The molecule has 1 aromatic heterocycles. The summed E-state index contributed by atoms with van der Waals surface area (Å²) in [6.45, 7) is 2.69. The number of rotatable bonds is 4. The van der Waals surface area contributed by atoms with E-state index in [1.165, 1.54) is 6.07 Å². The van der Waals surface area contributed by atoms with Crippen molar-refractivity contribution in [1.29, 1.82) is 0 Å². The van der Waals surface area contributed by atoms with Crippen molar-refractivity contribution in [2.24, 2.45) is 0 Å². The Morgan fingerprint density at radius 2 is 1.73 bits per heavy atom. The maximum Gasteiger partial charge on any atom is 0.223 e. The quantitative estimate of drug-likeness (QED) is 0.475. The number of carbonyl (C=O) groups is 1. The molecule has 5 nitrogen and oxygen atoms in total. The molecular weight excluding hydrogens is 415 g/mol. The minimum absolute atomic E-state index is 0.0134. The van der Waals surface area contributed by atoms with E-state index in [1.54, 1.807) is 13.0 Å². The smallest absolute Gasteiger partial charge is 0.223 e. The highest BCUT2D eigenvalue weighted by molar-refractivity contribution is 6.02. The lowest BCUT2D eigenvalue weighted by Crippen LogP contribution is -2.48. The van der Waals surface area contributed by atoms with Gasteiger partial charge in [-0.3, -0.25) is 4.79 Å². The Morgan fingerprint density at radius 1 is 1.03 bits per heavy atom. The Hall–Kier alpha value is -3.64. The summed E-state index contributed by atoms with van der Waals surface area (Å²) in [5.74, 6) is -0.244. The average Bonchev–Trinajstić information content (AvgIpc) is 3.20. The number of aromatic nitrogens is 1. The van der Waals surface area contributed by atoms with E-state index in [1.807, 2.05) is 72.7 Å². The van der Waals surface area contributed by atoms with Crippen LogP contribution < -0.4 is 15.1 Å². The molecule has 2 heterocycles. The molecule has 6 heteroatoms. The van der Waals surface area contributed by atoms with Crippen LogP contribution in [0.2, 0.25) is 0 Å². The molecule has 0 spiro atoms. The molecule has 2 unspecified atom stereocenters. The zero-order chi connectivity index (χ0) is 22.9. The topological polar surface area (TPSA) is 51.4 Å². The molecule has 0 radical (unpaired) electrons. The Bertz CT molecular complexity index is 1300. The van der Waals surface area contributed by atoms with Crippen LogP contribution in [0.5, 0.6) is 0 Å². The molecule has 5 rings (SSSR count). The summed E-state index contributed by atoms with van der Waals surface area (Å²) >= 11 is 0. The van der Waals surface area contributed by atoms with Gasteiger partial charge in [0.15, 0.2) is 0 Å². The van der Waals surface area contributed by atoms with Gasteiger partial charge in [-0.2, -0.15) is 0 Å². The van der Waals surface area contributed by atoms with Gasteiger partial charge in [0.05, 0.1) is 17.8 Å². The first-order valence-corrected chi connectivity index (χ1v) is 11.2. The van der Waals surface area contributed by atoms with E-state index in [9.17, 15) is 9.18 Å². The molecule has 1 aliphatic rings. The van der Waals surface area contributed by atoms with Crippen LogP contribution in [-0.4, -0.2) is 37.1 Å². The van der Waals surface area contributed by atoms with Gasteiger partial charge >= 0.3 is 0 Å². The Morgan fingerprint density at radius 3 is 2.52 bits per heavy atom. The maximum absolute atomic E-state index is 14.7. The van der Waals surface area contributed by atoms with Crippen LogP contribution in [0.25, 0.3) is 10.9 Å². The van der Waals surface area contributed by atoms with Crippen molar-refractivity contribution in [3.8, 4) is 0 Å². The summed E-state index contributed by atoms with van der Waals surface area (Å²) in [6.07, 6.45) is 1.90. The summed E-state index contributed by atoms with van der Waals surface area (Å²) in [5, 5.41) is 4.59. The first-order valence-electron chi connectivity index (χ1n) is 11.2. The van der Waals surface area contributed by atoms with Gasteiger partial charge < -0.3 is 20.1 Å².